The van der Waals surface area contributed by atoms with Gasteiger partial charge in [-0.3, -0.25) is 9.89 Å². The number of furan rings is 1. The van der Waals surface area contributed by atoms with Gasteiger partial charge in [-0.2, -0.15) is 0 Å². The first-order valence-corrected chi connectivity index (χ1v) is 9.98. The smallest absolute Gasteiger partial charge is 0.191 e. The SMILES string of the molecule is C=CCNC(=NCCc1ccco1)NC1CCN(Cc2ccc(F)c(F)c2)CC1.I. The summed E-state index contributed by atoms with van der Waals surface area (Å²) in [4.78, 5) is 6.89. The quantitative estimate of drug-likeness (QED) is 0.234. The predicted molar refractivity (Wildman–Crippen MR) is 126 cm³/mol. The average molecular weight is 530 g/mol. The highest BCUT2D eigenvalue weighted by atomic mass is 127. The molecule has 0 spiro atoms. The van der Waals surface area contributed by atoms with E-state index in [-0.39, 0.29) is 24.0 Å². The molecule has 0 bridgehead atoms. The number of piperidine rings is 1. The lowest BCUT2D eigenvalue weighted by atomic mass is 10.0. The fourth-order valence-electron chi connectivity index (χ4n) is 3.38. The maximum absolute atomic E-state index is 13.4. The summed E-state index contributed by atoms with van der Waals surface area (Å²) in [6, 6.07) is 8.26. The lowest BCUT2D eigenvalue weighted by Crippen LogP contribution is -2.48. The first-order chi connectivity index (χ1) is 14.1. The molecule has 2 heterocycles. The summed E-state index contributed by atoms with van der Waals surface area (Å²) < 4.78 is 31.8. The third kappa shape index (κ3) is 7.71. The normalized spacial score (nSPS) is 15.5. The fraction of sp³-hybridized carbons (Fsp3) is 0.409. The van der Waals surface area contributed by atoms with Crippen LogP contribution < -0.4 is 10.6 Å². The number of hydrogen-bond donors (Lipinski definition) is 2. The summed E-state index contributed by atoms with van der Waals surface area (Å²) in [6.07, 6.45) is 6.13. The lowest BCUT2D eigenvalue weighted by Gasteiger charge is -2.33. The van der Waals surface area contributed by atoms with Crippen LogP contribution in [0.15, 0.2) is 58.7 Å². The van der Waals surface area contributed by atoms with E-state index in [1.165, 1.54) is 12.1 Å². The molecule has 30 heavy (non-hydrogen) atoms. The Morgan fingerprint density at radius 3 is 2.70 bits per heavy atom. The highest BCUT2D eigenvalue weighted by Gasteiger charge is 2.20. The molecule has 2 N–H and O–H groups in total. The van der Waals surface area contributed by atoms with Crippen molar-refractivity contribution >= 4 is 29.9 Å². The minimum atomic E-state index is -0.803. The first-order valence-electron chi connectivity index (χ1n) is 9.98. The molecule has 0 saturated carbocycles. The van der Waals surface area contributed by atoms with Gasteiger partial charge in [-0.1, -0.05) is 12.1 Å². The molecule has 1 aromatic carbocycles. The number of halogens is 3. The Bertz CT molecular complexity index is 805. The van der Waals surface area contributed by atoms with E-state index < -0.39 is 11.6 Å². The Balaban J connectivity index is 0.00000320. The second kappa shape index (κ2) is 12.7. The number of hydrogen-bond acceptors (Lipinski definition) is 3. The number of benzene rings is 1. The molecule has 1 saturated heterocycles. The monoisotopic (exact) mass is 530 g/mol. The van der Waals surface area contributed by atoms with Gasteiger partial charge in [0.05, 0.1) is 6.26 Å². The van der Waals surface area contributed by atoms with Crippen molar-refractivity contribution < 1.29 is 13.2 Å². The third-order valence-corrected chi connectivity index (χ3v) is 4.94. The second-order valence-corrected chi connectivity index (χ2v) is 7.17. The van der Waals surface area contributed by atoms with Crippen LogP contribution in [0, 0.1) is 11.6 Å². The maximum atomic E-state index is 13.4. The van der Waals surface area contributed by atoms with E-state index >= 15 is 0 Å². The Hall–Kier alpha value is -1.94. The van der Waals surface area contributed by atoms with Crippen LogP contribution in [0.4, 0.5) is 8.78 Å². The van der Waals surface area contributed by atoms with Crippen LogP contribution in [0.3, 0.4) is 0 Å². The average Bonchev–Trinajstić information content (AvgIpc) is 3.24. The molecule has 1 aliphatic heterocycles. The third-order valence-electron chi connectivity index (χ3n) is 4.94. The van der Waals surface area contributed by atoms with Crippen LogP contribution in [-0.4, -0.2) is 43.1 Å². The maximum Gasteiger partial charge on any atom is 0.191 e. The Morgan fingerprint density at radius 1 is 1.23 bits per heavy atom. The number of likely N-dealkylation sites (tertiary alicyclic amines) is 1. The molecule has 1 aromatic heterocycles. The summed E-state index contributed by atoms with van der Waals surface area (Å²) in [5.41, 5.74) is 0.795. The van der Waals surface area contributed by atoms with Crippen LogP contribution in [-0.2, 0) is 13.0 Å². The molecule has 164 valence electrons. The van der Waals surface area contributed by atoms with Crippen molar-refractivity contribution in [1.29, 1.82) is 0 Å². The van der Waals surface area contributed by atoms with Gasteiger partial charge in [-0.15, -0.1) is 30.6 Å². The van der Waals surface area contributed by atoms with E-state index in [4.69, 9.17) is 4.42 Å². The van der Waals surface area contributed by atoms with Gasteiger partial charge in [0.2, 0.25) is 0 Å². The van der Waals surface area contributed by atoms with Crippen molar-refractivity contribution in [3.8, 4) is 0 Å². The van der Waals surface area contributed by atoms with Crippen molar-refractivity contribution in [1.82, 2.24) is 15.5 Å². The van der Waals surface area contributed by atoms with E-state index in [1.807, 2.05) is 12.1 Å². The molecule has 1 fully saturated rings. The molecule has 2 aromatic rings. The second-order valence-electron chi connectivity index (χ2n) is 7.17. The molecular formula is C22H29F2IN4O. The number of aliphatic imine (C=N–C) groups is 1. The number of nitrogens with one attached hydrogen (secondary N) is 2. The zero-order valence-corrected chi connectivity index (χ0v) is 19.3. The zero-order valence-electron chi connectivity index (χ0n) is 16.9. The van der Waals surface area contributed by atoms with Crippen molar-refractivity contribution in [2.24, 2.45) is 4.99 Å². The fourth-order valence-corrected chi connectivity index (χ4v) is 3.38. The van der Waals surface area contributed by atoms with Crippen molar-refractivity contribution in [3.05, 3.63) is 72.2 Å². The summed E-state index contributed by atoms with van der Waals surface area (Å²) >= 11 is 0. The van der Waals surface area contributed by atoms with Crippen LogP contribution in [0.2, 0.25) is 0 Å². The lowest BCUT2D eigenvalue weighted by molar-refractivity contribution is 0.198. The highest BCUT2D eigenvalue weighted by Crippen LogP contribution is 2.16. The van der Waals surface area contributed by atoms with E-state index in [2.05, 4.69) is 27.1 Å². The van der Waals surface area contributed by atoms with Gasteiger partial charge >= 0.3 is 0 Å². The summed E-state index contributed by atoms with van der Waals surface area (Å²) in [7, 11) is 0. The Labute approximate surface area is 193 Å². The minimum absolute atomic E-state index is 0. The van der Waals surface area contributed by atoms with Gasteiger partial charge in [0.1, 0.15) is 5.76 Å². The van der Waals surface area contributed by atoms with E-state index in [9.17, 15) is 8.78 Å². The summed E-state index contributed by atoms with van der Waals surface area (Å²) in [5.74, 6) is 0.100. The largest absolute Gasteiger partial charge is 0.469 e. The molecule has 0 aliphatic carbocycles. The van der Waals surface area contributed by atoms with E-state index in [1.54, 1.807) is 18.4 Å². The molecule has 5 nitrogen and oxygen atoms in total. The minimum Gasteiger partial charge on any atom is -0.469 e. The van der Waals surface area contributed by atoms with Crippen LogP contribution in [0.5, 0.6) is 0 Å². The van der Waals surface area contributed by atoms with Crippen LogP contribution in [0.1, 0.15) is 24.2 Å². The van der Waals surface area contributed by atoms with Gasteiger partial charge in [0.25, 0.3) is 0 Å². The van der Waals surface area contributed by atoms with Gasteiger partial charge in [0.15, 0.2) is 17.6 Å². The number of guanidine groups is 1. The summed E-state index contributed by atoms with van der Waals surface area (Å²) in [5, 5.41) is 6.75. The molecule has 1 aliphatic rings. The van der Waals surface area contributed by atoms with Gasteiger partial charge in [-0.25, -0.2) is 8.78 Å². The molecule has 8 heteroatoms. The topological polar surface area (TPSA) is 52.8 Å². The van der Waals surface area contributed by atoms with Gasteiger partial charge in [0, 0.05) is 45.2 Å². The summed E-state index contributed by atoms with van der Waals surface area (Å²) in [6.45, 7) is 7.42. The van der Waals surface area contributed by atoms with E-state index in [0.717, 1.165) is 49.6 Å². The molecule has 0 radical (unpaired) electrons. The van der Waals surface area contributed by atoms with Crippen LogP contribution in [0.25, 0.3) is 0 Å². The van der Waals surface area contributed by atoms with Crippen molar-refractivity contribution in [3.63, 3.8) is 0 Å². The Kier molecular flexibility index (Phi) is 10.3. The van der Waals surface area contributed by atoms with Crippen molar-refractivity contribution in [2.75, 3.05) is 26.2 Å². The van der Waals surface area contributed by atoms with Crippen LogP contribution >= 0.6 is 24.0 Å². The zero-order chi connectivity index (χ0) is 20.5. The first kappa shape index (κ1) is 24.3. The van der Waals surface area contributed by atoms with Gasteiger partial charge < -0.3 is 15.1 Å². The molecule has 0 atom stereocenters. The molecule has 3 rings (SSSR count). The van der Waals surface area contributed by atoms with Gasteiger partial charge in [-0.05, 0) is 42.7 Å². The standard InChI is InChI=1S/C22H28F2N4O.HI/c1-2-10-25-22(26-11-7-19-4-3-14-29-19)27-18-8-12-28(13-9-18)16-17-5-6-20(23)21(24)15-17;/h2-6,14-15,18H,1,7-13,16H2,(H2,25,26,27);1H. The number of nitrogens with zero attached hydrogens (tertiary/aromatic N) is 2. The molecular weight excluding hydrogens is 501 g/mol. The highest BCUT2D eigenvalue weighted by molar-refractivity contribution is 14.0. The predicted octanol–water partition coefficient (Wildman–Crippen LogP) is 4.10. The molecule has 0 amide bonds. The molecule has 0 unspecified atom stereocenters. The van der Waals surface area contributed by atoms with Crippen molar-refractivity contribution in [2.45, 2.75) is 31.8 Å². The number of rotatable bonds is 8. The Morgan fingerprint density at radius 2 is 2.03 bits per heavy atom. The van der Waals surface area contributed by atoms with E-state index in [0.29, 0.717) is 25.7 Å².